The molecule has 1 aromatic rings. The van der Waals surface area contributed by atoms with Crippen molar-refractivity contribution in [3.8, 4) is 0 Å². The molecule has 3 N–H and O–H groups in total. The van der Waals surface area contributed by atoms with Gasteiger partial charge in [-0.1, -0.05) is 25.1 Å². The van der Waals surface area contributed by atoms with Crippen LogP contribution >= 0.6 is 0 Å². The van der Waals surface area contributed by atoms with Gasteiger partial charge in [-0.2, -0.15) is 13.2 Å². The van der Waals surface area contributed by atoms with Crippen molar-refractivity contribution in [3.05, 3.63) is 35.4 Å². The van der Waals surface area contributed by atoms with Crippen LogP contribution in [0.25, 0.3) is 0 Å². The number of hydrogen-bond acceptors (Lipinski definition) is 3. The minimum atomic E-state index is -4.38. The molecule has 1 heterocycles. The number of nitrogens with two attached hydrogens (primary N) is 1. The molecule has 0 saturated carbocycles. The molecule has 1 aliphatic heterocycles. The summed E-state index contributed by atoms with van der Waals surface area (Å²) in [6.45, 7) is 2.53. The second kappa shape index (κ2) is 6.11. The predicted octanol–water partition coefficient (Wildman–Crippen LogP) is 3.02. The summed E-state index contributed by atoms with van der Waals surface area (Å²) in [4.78, 5) is 0. The summed E-state index contributed by atoms with van der Waals surface area (Å²) in [5.74, 6) is 5.49. The third-order valence-electron chi connectivity index (χ3n) is 3.87. The Kier molecular flexibility index (Phi) is 4.67. The van der Waals surface area contributed by atoms with Crippen molar-refractivity contribution in [2.75, 3.05) is 6.61 Å². The van der Waals surface area contributed by atoms with Gasteiger partial charge >= 0.3 is 6.18 Å². The van der Waals surface area contributed by atoms with E-state index >= 15 is 0 Å². The van der Waals surface area contributed by atoms with E-state index in [0.29, 0.717) is 13.0 Å². The minimum Gasteiger partial charge on any atom is -0.378 e. The molecular formula is C14H19F3N2O. The first-order chi connectivity index (χ1) is 9.49. The zero-order valence-electron chi connectivity index (χ0n) is 11.3. The van der Waals surface area contributed by atoms with Crippen LogP contribution in [0.2, 0.25) is 0 Å². The molecule has 112 valence electrons. The second-order valence-corrected chi connectivity index (χ2v) is 5.00. The molecule has 1 aliphatic rings. The van der Waals surface area contributed by atoms with E-state index in [4.69, 9.17) is 10.6 Å². The minimum absolute atomic E-state index is 0.0477. The highest BCUT2D eigenvalue weighted by molar-refractivity contribution is 5.33. The number of hydrazine groups is 1. The number of hydrogen-bond donors (Lipinski definition) is 2. The Morgan fingerprint density at radius 3 is 2.70 bits per heavy atom. The van der Waals surface area contributed by atoms with Crippen molar-refractivity contribution in [2.45, 2.75) is 38.1 Å². The zero-order chi connectivity index (χ0) is 14.8. The van der Waals surface area contributed by atoms with E-state index in [-0.39, 0.29) is 17.6 Å². The maximum absolute atomic E-state index is 13.1. The van der Waals surface area contributed by atoms with Crippen molar-refractivity contribution < 1.29 is 17.9 Å². The lowest BCUT2D eigenvalue weighted by atomic mass is 9.85. The zero-order valence-corrected chi connectivity index (χ0v) is 11.3. The number of rotatable bonds is 4. The number of ether oxygens (including phenoxy) is 1. The van der Waals surface area contributed by atoms with Crippen LogP contribution in [-0.2, 0) is 10.9 Å². The third kappa shape index (κ3) is 2.97. The summed E-state index contributed by atoms with van der Waals surface area (Å²) in [6, 6.07) is 5.02. The largest absolute Gasteiger partial charge is 0.416 e. The Morgan fingerprint density at radius 1 is 1.40 bits per heavy atom. The van der Waals surface area contributed by atoms with Crippen LogP contribution in [0.1, 0.15) is 36.9 Å². The molecule has 3 nitrogen and oxygen atoms in total. The van der Waals surface area contributed by atoms with Crippen LogP contribution in [0.5, 0.6) is 0 Å². The Morgan fingerprint density at radius 2 is 2.10 bits per heavy atom. The standard InChI is InChI=1S/C14H19F3N2O/c1-2-12-10(7-8-20-12)13(19-18)9-5-3-4-6-11(9)14(15,16)17/h3-6,10,12-13,19H,2,7-8,18H2,1H3. The van der Waals surface area contributed by atoms with Gasteiger partial charge in [-0.3, -0.25) is 11.3 Å². The molecule has 0 aromatic heterocycles. The maximum atomic E-state index is 13.1. The van der Waals surface area contributed by atoms with Gasteiger partial charge in [0.25, 0.3) is 0 Å². The molecular weight excluding hydrogens is 269 g/mol. The van der Waals surface area contributed by atoms with Gasteiger partial charge in [0, 0.05) is 12.5 Å². The molecule has 20 heavy (non-hydrogen) atoms. The second-order valence-electron chi connectivity index (χ2n) is 5.00. The topological polar surface area (TPSA) is 47.3 Å². The summed E-state index contributed by atoms with van der Waals surface area (Å²) >= 11 is 0. The van der Waals surface area contributed by atoms with E-state index < -0.39 is 17.8 Å². The van der Waals surface area contributed by atoms with Gasteiger partial charge < -0.3 is 4.74 Å². The van der Waals surface area contributed by atoms with Crippen LogP contribution in [0.4, 0.5) is 13.2 Å². The number of benzene rings is 1. The van der Waals surface area contributed by atoms with E-state index in [9.17, 15) is 13.2 Å². The molecule has 0 bridgehead atoms. The van der Waals surface area contributed by atoms with Crippen molar-refractivity contribution in [2.24, 2.45) is 11.8 Å². The molecule has 1 aromatic carbocycles. The van der Waals surface area contributed by atoms with Crippen molar-refractivity contribution >= 4 is 0 Å². The average molecular weight is 288 g/mol. The van der Waals surface area contributed by atoms with Gasteiger partial charge in [0.2, 0.25) is 0 Å². The molecule has 0 spiro atoms. The highest BCUT2D eigenvalue weighted by Crippen LogP contribution is 2.40. The quantitative estimate of drug-likeness (QED) is 0.661. The Balaban J connectivity index is 2.37. The number of nitrogens with one attached hydrogen (secondary N) is 1. The van der Waals surface area contributed by atoms with Crippen LogP contribution in [0.15, 0.2) is 24.3 Å². The highest BCUT2D eigenvalue weighted by atomic mass is 19.4. The van der Waals surface area contributed by atoms with Gasteiger partial charge in [-0.05, 0) is 24.5 Å². The van der Waals surface area contributed by atoms with Gasteiger partial charge in [0.15, 0.2) is 0 Å². The fourth-order valence-corrected chi connectivity index (χ4v) is 2.94. The predicted molar refractivity (Wildman–Crippen MR) is 69.6 cm³/mol. The number of halogens is 3. The molecule has 2 rings (SSSR count). The summed E-state index contributed by atoms with van der Waals surface area (Å²) < 4.78 is 44.9. The monoisotopic (exact) mass is 288 g/mol. The van der Waals surface area contributed by atoms with E-state index in [1.54, 1.807) is 6.07 Å². The Hall–Kier alpha value is -1.11. The summed E-state index contributed by atoms with van der Waals surface area (Å²) in [7, 11) is 0. The normalized spacial score (nSPS) is 24.9. The van der Waals surface area contributed by atoms with Crippen LogP contribution in [0, 0.1) is 5.92 Å². The van der Waals surface area contributed by atoms with E-state index in [0.717, 1.165) is 12.5 Å². The van der Waals surface area contributed by atoms with E-state index in [1.165, 1.54) is 12.1 Å². The van der Waals surface area contributed by atoms with Gasteiger partial charge in [0.1, 0.15) is 0 Å². The molecule has 1 saturated heterocycles. The maximum Gasteiger partial charge on any atom is 0.416 e. The third-order valence-corrected chi connectivity index (χ3v) is 3.87. The average Bonchev–Trinajstić information content (AvgIpc) is 2.87. The molecule has 3 atom stereocenters. The van der Waals surface area contributed by atoms with Gasteiger partial charge in [-0.25, -0.2) is 0 Å². The van der Waals surface area contributed by atoms with E-state index in [1.807, 2.05) is 6.92 Å². The first-order valence-corrected chi connectivity index (χ1v) is 6.72. The number of alkyl halides is 3. The van der Waals surface area contributed by atoms with Gasteiger partial charge in [-0.15, -0.1) is 0 Å². The van der Waals surface area contributed by atoms with Crippen LogP contribution in [0.3, 0.4) is 0 Å². The van der Waals surface area contributed by atoms with Crippen molar-refractivity contribution in [3.63, 3.8) is 0 Å². The van der Waals surface area contributed by atoms with Gasteiger partial charge in [0.05, 0.1) is 17.7 Å². The van der Waals surface area contributed by atoms with E-state index in [2.05, 4.69) is 5.43 Å². The van der Waals surface area contributed by atoms with Crippen molar-refractivity contribution in [1.29, 1.82) is 0 Å². The smallest absolute Gasteiger partial charge is 0.378 e. The first kappa shape index (κ1) is 15.3. The Labute approximate surface area is 116 Å². The molecule has 0 aliphatic carbocycles. The fourth-order valence-electron chi connectivity index (χ4n) is 2.94. The molecule has 6 heteroatoms. The molecule has 0 amide bonds. The Bertz CT molecular complexity index is 450. The SMILES string of the molecule is CCC1OCCC1C(NN)c1ccccc1C(F)(F)F. The lowest BCUT2D eigenvalue weighted by molar-refractivity contribution is -0.138. The molecule has 0 radical (unpaired) electrons. The summed E-state index contributed by atoms with van der Waals surface area (Å²) in [6.07, 6.45) is -2.97. The first-order valence-electron chi connectivity index (χ1n) is 6.72. The fraction of sp³-hybridized carbons (Fsp3) is 0.571. The van der Waals surface area contributed by atoms with Crippen molar-refractivity contribution in [1.82, 2.24) is 5.43 Å². The summed E-state index contributed by atoms with van der Waals surface area (Å²) in [5.41, 5.74) is 2.11. The lowest BCUT2D eigenvalue weighted by Gasteiger charge is -2.29. The van der Waals surface area contributed by atoms with Crippen LogP contribution in [-0.4, -0.2) is 12.7 Å². The summed E-state index contributed by atoms with van der Waals surface area (Å²) in [5, 5.41) is 0. The molecule has 3 unspecified atom stereocenters. The highest BCUT2D eigenvalue weighted by Gasteiger charge is 2.40. The lowest BCUT2D eigenvalue weighted by Crippen LogP contribution is -2.38. The van der Waals surface area contributed by atoms with Crippen LogP contribution < -0.4 is 11.3 Å². The molecule has 1 fully saturated rings.